The second-order valence-electron chi connectivity index (χ2n) is 3.83. The van der Waals surface area contributed by atoms with Crippen LogP contribution in [0.2, 0.25) is 5.02 Å². The van der Waals surface area contributed by atoms with Crippen LogP contribution in [0.3, 0.4) is 0 Å². The number of hydrogen-bond acceptors (Lipinski definition) is 4. The van der Waals surface area contributed by atoms with E-state index in [-0.39, 0.29) is 17.2 Å². The fourth-order valence-corrected chi connectivity index (χ4v) is 1.75. The molecule has 3 aromatic rings. The Hall–Kier alpha value is -2.40. The zero-order valence-electron chi connectivity index (χ0n) is 9.65. The van der Waals surface area contributed by atoms with E-state index in [4.69, 9.17) is 16.0 Å². The number of halogens is 1. The summed E-state index contributed by atoms with van der Waals surface area (Å²) in [6, 6.07) is 10.3. The van der Waals surface area contributed by atoms with E-state index in [1.807, 2.05) is 0 Å². The molecule has 2 heterocycles. The summed E-state index contributed by atoms with van der Waals surface area (Å²) in [5, 5.41) is 8.38. The summed E-state index contributed by atoms with van der Waals surface area (Å²) in [6.45, 7) is 0. The maximum atomic E-state index is 12.0. The summed E-state index contributed by atoms with van der Waals surface area (Å²) in [4.78, 5) is 12.0. The van der Waals surface area contributed by atoms with Crippen molar-refractivity contribution in [1.29, 1.82) is 0 Å². The van der Waals surface area contributed by atoms with Crippen molar-refractivity contribution in [2.45, 2.75) is 0 Å². The molecule has 6 heteroatoms. The first-order valence-electron chi connectivity index (χ1n) is 5.50. The zero-order chi connectivity index (χ0) is 13.2. The Morgan fingerprint density at radius 2 is 2.00 bits per heavy atom. The average Bonchev–Trinajstić information content (AvgIpc) is 3.10. The van der Waals surface area contributed by atoms with E-state index in [0.29, 0.717) is 5.02 Å². The summed E-state index contributed by atoms with van der Waals surface area (Å²) >= 11 is 5.81. The number of carbonyl (C=O) groups is 1. The van der Waals surface area contributed by atoms with Gasteiger partial charge in [-0.2, -0.15) is 0 Å². The number of aromatic nitrogens is 3. The van der Waals surface area contributed by atoms with Crippen molar-refractivity contribution in [3.63, 3.8) is 0 Å². The average molecular weight is 274 g/mol. The van der Waals surface area contributed by atoms with Crippen molar-refractivity contribution in [2.24, 2.45) is 0 Å². The number of ketones is 1. The lowest BCUT2D eigenvalue weighted by Gasteiger charge is -1.98. The maximum Gasteiger partial charge on any atom is 0.250 e. The van der Waals surface area contributed by atoms with Gasteiger partial charge in [-0.05, 0) is 36.4 Å². The molecule has 1 aromatic carbocycles. The van der Waals surface area contributed by atoms with E-state index in [1.54, 1.807) is 42.6 Å². The molecule has 19 heavy (non-hydrogen) atoms. The number of furan rings is 1. The molecule has 0 aliphatic heterocycles. The molecule has 0 saturated carbocycles. The number of rotatable bonds is 3. The number of carbonyl (C=O) groups excluding carboxylic acids is 1. The Morgan fingerprint density at radius 1 is 1.21 bits per heavy atom. The molecule has 2 aromatic heterocycles. The minimum atomic E-state index is -0.301. The van der Waals surface area contributed by atoms with Gasteiger partial charge in [-0.25, -0.2) is 4.68 Å². The minimum Gasteiger partial charge on any atom is -0.461 e. The third kappa shape index (κ3) is 2.28. The van der Waals surface area contributed by atoms with Crippen LogP contribution in [0.15, 0.2) is 53.3 Å². The fourth-order valence-electron chi connectivity index (χ4n) is 1.62. The Labute approximate surface area is 113 Å². The lowest BCUT2D eigenvalue weighted by molar-refractivity contribution is 0.100. The Morgan fingerprint density at radius 3 is 2.68 bits per heavy atom. The van der Waals surface area contributed by atoms with E-state index in [1.165, 1.54) is 10.9 Å². The lowest BCUT2D eigenvalue weighted by Crippen LogP contribution is -1.99. The van der Waals surface area contributed by atoms with Gasteiger partial charge in [-0.1, -0.05) is 16.8 Å². The highest BCUT2D eigenvalue weighted by atomic mass is 35.5. The van der Waals surface area contributed by atoms with Crippen molar-refractivity contribution in [1.82, 2.24) is 15.0 Å². The van der Waals surface area contributed by atoms with Crippen LogP contribution >= 0.6 is 11.6 Å². The largest absolute Gasteiger partial charge is 0.461 e. The van der Waals surface area contributed by atoms with Crippen LogP contribution in [-0.4, -0.2) is 20.8 Å². The predicted octanol–water partition coefficient (Wildman–Crippen LogP) is 2.74. The van der Waals surface area contributed by atoms with Gasteiger partial charge in [-0.3, -0.25) is 4.79 Å². The maximum absolute atomic E-state index is 12.0. The Bertz CT molecular complexity index is 702. The second-order valence-corrected chi connectivity index (χ2v) is 4.27. The molecular formula is C13H8ClN3O2. The van der Waals surface area contributed by atoms with Crippen molar-refractivity contribution in [3.8, 4) is 5.69 Å². The number of nitrogens with zero attached hydrogens (tertiary/aromatic N) is 3. The molecular weight excluding hydrogens is 266 g/mol. The number of hydrogen-bond donors (Lipinski definition) is 0. The van der Waals surface area contributed by atoms with Crippen molar-refractivity contribution in [3.05, 3.63) is 65.3 Å². The molecule has 94 valence electrons. The van der Waals surface area contributed by atoms with Crippen LogP contribution in [0.5, 0.6) is 0 Å². The van der Waals surface area contributed by atoms with Crippen LogP contribution in [0.4, 0.5) is 0 Å². The molecule has 0 aliphatic carbocycles. The smallest absolute Gasteiger partial charge is 0.250 e. The Balaban J connectivity index is 1.91. The SMILES string of the molecule is O=C(c1cn(-c2ccc(Cl)cc2)nn1)c1ccco1. The van der Waals surface area contributed by atoms with Gasteiger partial charge in [0, 0.05) is 5.02 Å². The van der Waals surface area contributed by atoms with Crippen molar-refractivity contribution in [2.75, 3.05) is 0 Å². The van der Waals surface area contributed by atoms with Crippen LogP contribution < -0.4 is 0 Å². The molecule has 3 rings (SSSR count). The van der Waals surface area contributed by atoms with Gasteiger partial charge >= 0.3 is 0 Å². The van der Waals surface area contributed by atoms with Crippen LogP contribution in [0.25, 0.3) is 5.69 Å². The van der Waals surface area contributed by atoms with Crippen LogP contribution in [0.1, 0.15) is 16.2 Å². The van der Waals surface area contributed by atoms with E-state index < -0.39 is 0 Å². The highest BCUT2D eigenvalue weighted by Gasteiger charge is 2.16. The molecule has 0 bridgehead atoms. The highest BCUT2D eigenvalue weighted by molar-refractivity contribution is 6.30. The first-order valence-corrected chi connectivity index (χ1v) is 5.88. The second kappa shape index (κ2) is 4.70. The Kier molecular flexibility index (Phi) is 2.89. The molecule has 0 spiro atoms. The van der Waals surface area contributed by atoms with Crippen molar-refractivity contribution >= 4 is 17.4 Å². The number of benzene rings is 1. The molecule has 0 fully saturated rings. The minimum absolute atomic E-state index is 0.227. The summed E-state index contributed by atoms with van der Waals surface area (Å²) in [5.41, 5.74) is 1.00. The van der Waals surface area contributed by atoms with Gasteiger partial charge in [-0.15, -0.1) is 5.10 Å². The molecule has 0 N–H and O–H groups in total. The van der Waals surface area contributed by atoms with Gasteiger partial charge in [0.1, 0.15) is 0 Å². The van der Waals surface area contributed by atoms with Gasteiger partial charge in [0.2, 0.25) is 5.78 Å². The van der Waals surface area contributed by atoms with Crippen molar-refractivity contribution < 1.29 is 9.21 Å². The topological polar surface area (TPSA) is 60.9 Å². The lowest BCUT2D eigenvalue weighted by atomic mass is 10.2. The van der Waals surface area contributed by atoms with E-state index >= 15 is 0 Å². The molecule has 0 atom stereocenters. The summed E-state index contributed by atoms with van der Waals surface area (Å²) < 4.78 is 6.54. The first kappa shape index (κ1) is 11.7. The molecule has 5 nitrogen and oxygen atoms in total. The highest BCUT2D eigenvalue weighted by Crippen LogP contribution is 2.14. The molecule has 0 aliphatic rings. The van der Waals surface area contributed by atoms with E-state index in [9.17, 15) is 4.79 Å². The van der Waals surface area contributed by atoms with Gasteiger partial charge < -0.3 is 4.42 Å². The van der Waals surface area contributed by atoms with Gasteiger partial charge in [0.15, 0.2) is 11.5 Å². The van der Waals surface area contributed by atoms with E-state index in [0.717, 1.165) is 5.69 Å². The standard InChI is InChI=1S/C13H8ClN3O2/c14-9-3-5-10(6-4-9)17-8-11(15-16-17)13(18)12-2-1-7-19-12/h1-8H. The van der Waals surface area contributed by atoms with Crippen LogP contribution in [0, 0.1) is 0 Å². The third-order valence-corrected chi connectivity index (χ3v) is 2.81. The molecule has 0 unspecified atom stereocenters. The molecule has 0 saturated heterocycles. The van der Waals surface area contributed by atoms with Crippen LogP contribution in [-0.2, 0) is 0 Å². The summed E-state index contributed by atoms with van der Waals surface area (Å²) in [7, 11) is 0. The zero-order valence-corrected chi connectivity index (χ0v) is 10.4. The fraction of sp³-hybridized carbons (Fsp3) is 0. The quantitative estimate of drug-likeness (QED) is 0.689. The normalized spacial score (nSPS) is 10.6. The predicted molar refractivity (Wildman–Crippen MR) is 68.5 cm³/mol. The van der Waals surface area contributed by atoms with Gasteiger partial charge in [0.25, 0.3) is 0 Å². The van der Waals surface area contributed by atoms with E-state index in [2.05, 4.69) is 10.3 Å². The molecule has 0 amide bonds. The summed E-state index contributed by atoms with van der Waals surface area (Å²) in [5.74, 6) is -0.0617. The summed E-state index contributed by atoms with van der Waals surface area (Å²) in [6.07, 6.45) is 2.99. The first-order chi connectivity index (χ1) is 9.24. The van der Waals surface area contributed by atoms with Gasteiger partial charge in [0.05, 0.1) is 18.1 Å². The third-order valence-electron chi connectivity index (χ3n) is 2.56. The monoisotopic (exact) mass is 273 g/mol. The molecule has 0 radical (unpaired) electrons.